The molecule has 186 valence electrons. The van der Waals surface area contributed by atoms with E-state index in [4.69, 9.17) is 14.2 Å². The van der Waals surface area contributed by atoms with Crippen LogP contribution in [0.4, 0.5) is 0 Å². The van der Waals surface area contributed by atoms with Crippen molar-refractivity contribution in [2.24, 2.45) is 5.92 Å². The van der Waals surface area contributed by atoms with Gasteiger partial charge in [0, 0.05) is 10.5 Å². The number of fused-ring (bicyclic) bond motifs is 3. The molecule has 0 bridgehead atoms. The molecule has 1 saturated carbocycles. The van der Waals surface area contributed by atoms with Crippen molar-refractivity contribution in [3.05, 3.63) is 88.2 Å². The molecular weight excluding hydrogens is 526 g/mol. The summed E-state index contributed by atoms with van der Waals surface area (Å²) >= 11 is 3.45. The first kappa shape index (κ1) is 24.5. The zero-order chi connectivity index (χ0) is 25.5. The van der Waals surface area contributed by atoms with E-state index in [0.29, 0.717) is 23.5 Å². The van der Waals surface area contributed by atoms with Gasteiger partial charge in [-0.1, -0.05) is 71.7 Å². The molecule has 7 nitrogen and oxygen atoms in total. The average Bonchev–Trinajstić information content (AvgIpc) is 3.27. The number of carbonyl (C=O) groups is 2. The van der Waals surface area contributed by atoms with Crippen LogP contribution in [0.2, 0.25) is 0 Å². The number of hydrogen-bond acceptors (Lipinski definition) is 7. The van der Waals surface area contributed by atoms with Gasteiger partial charge in [0.05, 0.1) is 25.8 Å². The van der Waals surface area contributed by atoms with Gasteiger partial charge in [0.2, 0.25) is 5.60 Å². The molecule has 2 aromatic carbocycles. The molecule has 2 aliphatic rings. The molecule has 1 aromatic heterocycles. The number of halogens is 1. The fourth-order valence-corrected chi connectivity index (χ4v) is 5.68. The monoisotopic (exact) mass is 551 g/mol. The normalized spacial score (nSPS) is 26.2. The minimum absolute atomic E-state index is 0.0607. The predicted octanol–water partition coefficient (Wildman–Crippen LogP) is 4.65. The summed E-state index contributed by atoms with van der Waals surface area (Å²) in [5, 5.41) is 12.4. The van der Waals surface area contributed by atoms with E-state index in [0.717, 1.165) is 17.3 Å². The van der Waals surface area contributed by atoms with Crippen LogP contribution in [0.5, 0.6) is 11.5 Å². The number of pyridine rings is 1. The van der Waals surface area contributed by atoms with Gasteiger partial charge in [-0.3, -0.25) is 9.59 Å². The van der Waals surface area contributed by atoms with E-state index in [1.807, 2.05) is 42.5 Å². The van der Waals surface area contributed by atoms with Crippen LogP contribution < -0.4 is 9.47 Å². The number of ketones is 1. The number of hydrogen-bond donors (Lipinski definition) is 1. The lowest BCUT2D eigenvalue weighted by molar-refractivity contribution is -0.155. The number of aromatic nitrogens is 1. The maximum atomic E-state index is 14.1. The van der Waals surface area contributed by atoms with E-state index in [9.17, 15) is 14.7 Å². The molecule has 1 N–H and O–H groups in total. The van der Waals surface area contributed by atoms with Crippen LogP contribution in [0.15, 0.2) is 71.3 Å². The van der Waals surface area contributed by atoms with E-state index in [1.165, 1.54) is 13.3 Å². The number of rotatable bonds is 7. The Morgan fingerprint density at radius 2 is 1.89 bits per heavy atom. The molecule has 36 heavy (non-hydrogen) atoms. The van der Waals surface area contributed by atoms with Gasteiger partial charge in [-0.05, 0) is 29.7 Å². The molecular formula is C28H26BrNO6. The highest BCUT2D eigenvalue weighted by Crippen LogP contribution is 2.66. The van der Waals surface area contributed by atoms with Crippen LogP contribution >= 0.6 is 15.9 Å². The summed E-state index contributed by atoms with van der Waals surface area (Å²) in [7, 11) is 1.23. The third-order valence-electron chi connectivity index (χ3n) is 7.04. The predicted molar refractivity (Wildman–Crippen MR) is 135 cm³/mol. The van der Waals surface area contributed by atoms with E-state index < -0.39 is 34.8 Å². The number of esters is 1. The number of Topliss-reactive ketones (excluding diaryl/α,β-unsaturated/α-hetero) is 1. The summed E-state index contributed by atoms with van der Waals surface area (Å²) in [5.41, 5.74) is -2.65. The molecule has 5 rings (SSSR count). The number of nitrogens with zero attached hydrogens (tertiary/aromatic N) is 1. The van der Waals surface area contributed by atoms with Crippen molar-refractivity contribution >= 4 is 27.7 Å². The van der Waals surface area contributed by atoms with Crippen molar-refractivity contribution in [1.82, 2.24) is 4.98 Å². The van der Waals surface area contributed by atoms with Crippen LogP contribution in [-0.4, -0.2) is 35.6 Å². The lowest BCUT2D eigenvalue weighted by Gasteiger charge is -2.39. The number of aliphatic hydroxyl groups is 1. The molecule has 0 saturated heterocycles. The highest BCUT2D eigenvalue weighted by molar-refractivity contribution is 9.10. The molecule has 0 spiro atoms. The van der Waals surface area contributed by atoms with Crippen molar-refractivity contribution in [3.63, 3.8) is 0 Å². The summed E-state index contributed by atoms with van der Waals surface area (Å²) < 4.78 is 18.3. The number of benzene rings is 2. The molecule has 1 aliphatic heterocycles. The largest absolute Gasteiger partial charge is 0.492 e. The summed E-state index contributed by atoms with van der Waals surface area (Å²) in [6.07, 6.45) is 3.33. The molecule has 8 heteroatoms. The number of carbonyl (C=O) groups excluding carboxylic acids is 2. The van der Waals surface area contributed by atoms with Gasteiger partial charge < -0.3 is 19.3 Å². The van der Waals surface area contributed by atoms with Crippen LogP contribution in [0.3, 0.4) is 0 Å². The van der Waals surface area contributed by atoms with Crippen molar-refractivity contribution in [2.45, 2.75) is 36.9 Å². The van der Waals surface area contributed by atoms with Crippen LogP contribution in [0.1, 0.15) is 42.5 Å². The van der Waals surface area contributed by atoms with E-state index >= 15 is 0 Å². The number of ether oxygens (including phenoxy) is 3. The van der Waals surface area contributed by atoms with Gasteiger partial charge in [-0.2, -0.15) is 0 Å². The highest BCUT2D eigenvalue weighted by atomic mass is 79.9. The topological polar surface area (TPSA) is 95.0 Å². The smallest absolute Gasteiger partial charge is 0.317 e. The quantitative estimate of drug-likeness (QED) is 0.259. The van der Waals surface area contributed by atoms with Crippen LogP contribution in [-0.2, 0) is 25.5 Å². The van der Waals surface area contributed by atoms with Crippen molar-refractivity contribution in [2.75, 3.05) is 13.7 Å². The van der Waals surface area contributed by atoms with Gasteiger partial charge in [0.1, 0.15) is 23.1 Å². The summed E-state index contributed by atoms with van der Waals surface area (Å²) in [4.78, 5) is 31.6. The minimum atomic E-state index is -2.24. The Balaban J connectivity index is 1.76. The third kappa shape index (κ3) is 3.46. The SMILES string of the molecule is CCCCOc1cnc2c(c1)O[C@@]1(c3ccc(Br)cc3)[C@H](c3ccccc3)[C@@H](C(=O)OC)C(=O)[C@@]21O. The second-order valence-corrected chi connectivity index (χ2v) is 9.94. The second-order valence-electron chi connectivity index (χ2n) is 9.03. The molecule has 1 fully saturated rings. The lowest BCUT2D eigenvalue weighted by atomic mass is 9.71. The van der Waals surface area contributed by atoms with Crippen molar-refractivity contribution < 1.29 is 28.9 Å². The fourth-order valence-electron chi connectivity index (χ4n) is 5.41. The first-order valence-electron chi connectivity index (χ1n) is 11.9. The van der Waals surface area contributed by atoms with Gasteiger partial charge in [0.15, 0.2) is 11.4 Å². The average molecular weight is 552 g/mol. The molecule has 0 amide bonds. The highest BCUT2D eigenvalue weighted by Gasteiger charge is 2.78. The van der Waals surface area contributed by atoms with Crippen molar-refractivity contribution in [3.8, 4) is 11.5 Å². The fraction of sp³-hybridized carbons (Fsp3) is 0.321. The van der Waals surface area contributed by atoms with E-state index in [2.05, 4.69) is 27.8 Å². The zero-order valence-electron chi connectivity index (χ0n) is 19.9. The Morgan fingerprint density at radius 3 is 2.56 bits per heavy atom. The van der Waals surface area contributed by atoms with Gasteiger partial charge >= 0.3 is 5.97 Å². The maximum absolute atomic E-state index is 14.1. The van der Waals surface area contributed by atoms with Gasteiger partial charge in [-0.25, -0.2) is 4.98 Å². The minimum Gasteiger partial charge on any atom is -0.492 e. The Bertz CT molecular complexity index is 1300. The standard InChI is InChI=1S/C28H26BrNO6/c1-3-4-14-35-20-15-21-24(30-16-20)27(33)25(31)22(26(32)34-2)23(17-8-6-5-7-9-17)28(27,36-21)18-10-12-19(29)13-11-18/h5-13,15-16,22-23,33H,3-4,14H2,1-2H3/t22-,23-,27+,28+/m1/s1. The van der Waals surface area contributed by atoms with Gasteiger partial charge in [-0.15, -0.1) is 0 Å². The first-order chi connectivity index (χ1) is 17.4. The first-order valence-corrected chi connectivity index (χ1v) is 12.7. The summed E-state index contributed by atoms with van der Waals surface area (Å²) in [6, 6.07) is 17.9. The summed E-state index contributed by atoms with van der Waals surface area (Å²) in [6.45, 7) is 2.58. The summed E-state index contributed by atoms with van der Waals surface area (Å²) in [5.74, 6) is -2.92. The van der Waals surface area contributed by atoms with Crippen LogP contribution in [0, 0.1) is 5.92 Å². The third-order valence-corrected chi connectivity index (χ3v) is 7.57. The Labute approximate surface area is 217 Å². The zero-order valence-corrected chi connectivity index (χ0v) is 21.5. The molecule has 2 heterocycles. The molecule has 4 atom stereocenters. The van der Waals surface area contributed by atoms with Crippen LogP contribution in [0.25, 0.3) is 0 Å². The Morgan fingerprint density at radius 1 is 1.17 bits per heavy atom. The lowest BCUT2D eigenvalue weighted by Crippen LogP contribution is -2.51. The Hall–Kier alpha value is -3.23. The second kappa shape index (κ2) is 9.33. The van der Waals surface area contributed by atoms with E-state index in [-0.39, 0.29) is 11.4 Å². The number of methoxy groups -OCH3 is 1. The van der Waals surface area contributed by atoms with Gasteiger partial charge in [0.25, 0.3) is 0 Å². The molecule has 1 aliphatic carbocycles. The molecule has 0 radical (unpaired) electrons. The number of unbranched alkanes of at least 4 members (excludes halogenated alkanes) is 1. The molecule has 0 unspecified atom stereocenters. The van der Waals surface area contributed by atoms with Crippen molar-refractivity contribution in [1.29, 1.82) is 0 Å². The Kier molecular flexibility index (Phi) is 6.34. The molecule has 3 aromatic rings. The maximum Gasteiger partial charge on any atom is 0.317 e. The van der Waals surface area contributed by atoms with E-state index in [1.54, 1.807) is 18.2 Å².